The Hall–Kier alpha value is -4.06. The summed E-state index contributed by atoms with van der Waals surface area (Å²) < 4.78 is 0. The molecule has 0 atom stereocenters. The van der Waals surface area contributed by atoms with E-state index in [1.165, 1.54) is 6.07 Å². The average molecular weight is 383 g/mol. The molecule has 0 aromatic heterocycles. The van der Waals surface area contributed by atoms with Crippen molar-refractivity contribution in [3.05, 3.63) is 99.6 Å². The van der Waals surface area contributed by atoms with Crippen LogP contribution in [0.4, 0.5) is 5.69 Å². The van der Waals surface area contributed by atoms with Crippen molar-refractivity contribution < 1.29 is 9.72 Å². The van der Waals surface area contributed by atoms with E-state index >= 15 is 0 Å². The van der Waals surface area contributed by atoms with Crippen LogP contribution in [0.5, 0.6) is 0 Å². The van der Waals surface area contributed by atoms with E-state index in [9.17, 15) is 14.9 Å². The van der Waals surface area contributed by atoms with E-state index in [-0.39, 0.29) is 11.3 Å². The van der Waals surface area contributed by atoms with Crippen molar-refractivity contribution in [3.63, 3.8) is 0 Å². The summed E-state index contributed by atoms with van der Waals surface area (Å²) in [6, 6.07) is 22.4. The molecule has 0 saturated carbocycles. The molecule has 0 heterocycles. The molecule has 1 amide bonds. The van der Waals surface area contributed by atoms with Crippen LogP contribution in [-0.2, 0) is 0 Å². The fraction of sp³-hybridized carbons (Fsp3) is 0.0435. The first-order valence-corrected chi connectivity index (χ1v) is 9.03. The first-order chi connectivity index (χ1) is 14.0. The smallest absolute Gasteiger partial charge is 0.267 e. The number of hydrogen-bond donors (Lipinski definition) is 1. The van der Waals surface area contributed by atoms with Gasteiger partial charge >= 0.3 is 0 Å². The molecule has 0 aliphatic heterocycles. The van der Waals surface area contributed by atoms with Crippen LogP contribution in [0.1, 0.15) is 21.5 Å². The number of hydrazone groups is 1. The number of fused-ring (bicyclic) bond motifs is 2. The highest BCUT2D eigenvalue weighted by Crippen LogP contribution is 2.27. The third kappa shape index (κ3) is 3.55. The van der Waals surface area contributed by atoms with E-state index in [0.29, 0.717) is 5.56 Å². The van der Waals surface area contributed by atoms with Gasteiger partial charge in [-0.1, -0.05) is 54.6 Å². The third-order valence-corrected chi connectivity index (χ3v) is 4.84. The van der Waals surface area contributed by atoms with Gasteiger partial charge in [-0.05, 0) is 40.6 Å². The second-order valence-electron chi connectivity index (χ2n) is 6.69. The predicted octanol–water partition coefficient (Wildman–Crippen LogP) is 4.97. The van der Waals surface area contributed by atoms with Crippen molar-refractivity contribution in [2.24, 2.45) is 5.10 Å². The van der Waals surface area contributed by atoms with E-state index in [4.69, 9.17) is 0 Å². The Labute approximate surface area is 166 Å². The Kier molecular flexibility index (Phi) is 4.75. The van der Waals surface area contributed by atoms with Gasteiger partial charge in [-0.3, -0.25) is 14.9 Å². The Morgan fingerprint density at radius 3 is 2.21 bits per heavy atom. The van der Waals surface area contributed by atoms with E-state index < -0.39 is 10.8 Å². The van der Waals surface area contributed by atoms with Crippen LogP contribution in [0.15, 0.2) is 77.9 Å². The quantitative estimate of drug-likeness (QED) is 0.234. The average Bonchev–Trinajstić information content (AvgIpc) is 2.73. The van der Waals surface area contributed by atoms with Gasteiger partial charge in [0, 0.05) is 22.8 Å². The highest BCUT2D eigenvalue weighted by molar-refractivity contribution is 6.13. The molecule has 4 aromatic carbocycles. The molecular weight excluding hydrogens is 366 g/mol. The Morgan fingerprint density at radius 1 is 0.966 bits per heavy atom. The summed E-state index contributed by atoms with van der Waals surface area (Å²) in [7, 11) is 0. The fourth-order valence-electron chi connectivity index (χ4n) is 3.36. The maximum Gasteiger partial charge on any atom is 0.273 e. The van der Waals surface area contributed by atoms with Gasteiger partial charge in [-0.15, -0.1) is 0 Å². The fourth-order valence-corrected chi connectivity index (χ4v) is 3.36. The molecule has 0 aliphatic rings. The van der Waals surface area contributed by atoms with Gasteiger partial charge in [0.1, 0.15) is 0 Å². The third-order valence-electron chi connectivity index (χ3n) is 4.84. The Balaban J connectivity index is 1.67. The number of nitrogens with zero attached hydrogens (tertiary/aromatic N) is 2. The van der Waals surface area contributed by atoms with E-state index in [2.05, 4.69) is 16.6 Å². The number of nitro benzene ring substituents is 1. The van der Waals surface area contributed by atoms with E-state index in [1.54, 1.807) is 25.3 Å². The van der Waals surface area contributed by atoms with Crippen LogP contribution in [0.25, 0.3) is 21.5 Å². The SMILES string of the molecule is Cc1ccc(C(=O)N/N=C/c2c3ccccc3cc3ccccc23)cc1[N+](=O)[O-]. The number of hydrogen-bond acceptors (Lipinski definition) is 4. The van der Waals surface area contributed by atoms with Gasteiger partial charge in [0.05, 0.1) is 11.1 Å². The number of nitro groups is 1. The number of benzene rings is 4. The molecule has 0 saturated heterocycles. The zero-order valence-corrected chi connectivity index (χ0v) is 15.6. The maximum atomic E-state index is 12.4. The summed E-state index contributed by atoms with van der Waals surface area (Å²) in [6.45, 7) is 1.63. The number of carbonyl (C=O) groups excluding carboxylic acids is 1. The van der Waals surface area contributed by atoms with Crippen molar-refractivity contribution in [1.29, 1.82) is 0 Å². The van der Waals surface area contributed by atoms with Crippen LogP contribution in [-0.4, -0.2) is 17.0 Å². The minimum absolute atomic E-state index is 0.0957. The standard InChI is InChI=1S/C23H17N3O3/c1-15-10-11-18(13-22(15)26(28)29)23(27)25-24-14-21-19-8-4-2-6-16(19)12-17-7-3-5-9-20(17)21/h2-14H,1H3,(H,25,27)/b24-14+. The van der Waals surface area contributed by atoms with Crippen LogP contribution < -0.4 is 5.43 Å². The topological polar surface area (TPSA) is 84.6 Å². The molecule has 0 fully saturated rings. The normalized spacial score (nSPS) is 11.2. The number of aryl methyl sites for hydroxylation is 1. The molecule has 4 aromatic rings. The summed E-state index contributed by atoms with van der Waals surface area (Å²) in [5.41, 5.74) is 3.95. The number of amides is 1. The van der Waals surface area contributed by atoms with Crippen LogP contribution in [0, 0.1) is 17.0 Å². The van der Waals surface area contributed by atoms with Gasteiger partial charge in [0.25, 0.3) is 11.6 Å². The zero-order valence-electron chi connectivity index (χ0n) is 15.6. The highest BCUT2D eigenvalue weighted by Gasteiger charge is 2.14. The molecule has 0 radical (unpaired) electrons. The lowest BCUT2D eigenvalue weighted by atomic mass is 9.97. The number of rotatable bonds is 4. The van der Waals surface area contributed by atoms with Crippen molar-refractivity contribution in [1.82, 2.24) is 5.43 Å². The molecule has 142 valence electrons. The second kappa shape index (κ2) is 7.52. The van der Waals surface area contributed by atoms with Gasteiger partial charge in [-0.2, -0.15) is 5.10 Å². The number of carbonyl (C=O) groups is 1. The van der Waals surface area contributed by atoms with Crippen molar-refractivity contribution in [2.75, 3.05) is 0 Å². The van der Waals surface area contributed by atoms with Crippen LogP contribution >= 0.6 is 0 Å². The lowest BCUT2D eigenvalue weighted by Crippen LogP contribution is -2.18. The van der Waals surface area contributed by atoms with Gasteiger partial charge in [-0.25, -0.2) is 5.43 Å². The van der Waals surface area contributed by atoms with Crippen LogP contribution in [0.3, 0.4) is 0 Å². The summed E-state index contributed by atoms with van der Waals surface area (Å²) in [5, 5.41) is 19.4. The summed E-state index contributed by atoms with van der Waals surface area (Å²) in [5.74, 6) is -0.506. The monoisotopic (exact) mass is 383 g/mol. The molecule has 6 nitrogen and oxygen atoms in total. The van der Waals surface area contributed by atoms with Gasteiger partial charge in [0.2, 0.25) is 0 Å². The molecule has 1 N–H and O–H groups in total. The molecule has 0 aliphatic carbocycles. The first kappa shape index (κ1) is 18.3. The largest absolute Gasteiger partial charge is 0.273 e. The maximum absolute atomic E-state index is 12.4. The molecule has 0 unspecified atom stereocenters. The molecule has 6 heteroatoms. The van der Waals surface area contributed by atoms with Crippen molar-refractivity contribution in [3.8, 4) is 0 Å². The molecule has 0 bridgehead atoms. The lowest BCUT2D eigenvalue weighted by molar-refractivity contribution is -0.385. The Morgan fingerprint density at radius 2 is 1.59 bits per heavy atom. The highest BCUT2D eigenvalue weighted by atomic mass is 16.6. The minimum Gasteiger partial charge on any atom is -0.267 e. The summed E-state index contributed by atoms with van der Waals surface area (Å²) >= 11 is 0. The van der Waals surface area contributed by atoms with E-state index in [0.717, 1.165) is 27.1 Å². The predicted molar refractivity (Wildman–Crippen MR) is 114 cm³/mol. The van der Waals surface area contributed by atoms with Crippen LogP contribution in [0.2, 0.25) is 0 Å². The second-order valence-corrected chi connectivity index (χ2v) is 6.69. The van der Waals surface area contributed by atoms with E-state index in [1.807, 2.05) is 48.5 Å². The lowest BCUT2D eigenvalue weighted by Gasteiger charge is -2.08. The summed E-state index contributed by atoms with van der Waals surface area (Å²) in [4.78, 5) is 23.0. The molecular formula is C23H17N3O3. The molecule has 4 rings (SSSR count). The van der Waals surface area contributed by atoms with Gasteiger partial charge in [0.15, 0.2) is 0 Å². The number of nitrogens with one attached hydrogen (secondary N) is 1. The van der Waals surface area contributed by atoms with Crippen molar-refractivity contribution >= 4 is 39.4 Å². The molecule has 29 heavy (non-hydrogen) atoms. The Bertz CT molecular complexity index is 1240. The van der Waals surface area contributed by atoms with Gasteiger partial charge < -0.3 is 0 Å². The molecule has 0 spiro atoms. The minimum atomic E-state index is -0.506. The first-order valence-electron chi connectivity index (χ1n) is 9.03. The van der Waals surface area contributed by atoms with Crippen molar-refractivity contribution in [2.45, 2.75) is 6.92 Å². The summed E-state index contributed by atoms with van der Waals surface area (Å²) in [6.07, 6.45) is 1.62. The zero-order chi connectivity index (χ0) is 20.4.